The average molecular weight is 360 g/mol. The summed E-state index contributed by atoms with van der Waals surface area (Å²) in [5, 5.41) is 4.48. The Labute approximate surface area is 150 Å². The van der Waals surface area contributed by atoms with Gasteiger partial charge in [-0.25, -0.2) is 4.79 Å². The molecule has 1 heterocycles. The number of furan rings is 1. The molecule has 0 atom stereocenters. The minimum atomic E-state index is -0.500. The standard InChI is InChI=1S/C19H18ClNO4/c1-4-24-19(22)17-11(2)16-14(20)8-9-15(18(16)25-17)21-12-6-5-7-13(10-12)23-3/h5-10,21H,4H2,1-3H3. The summed E-state index contributed by atoms with van der Waals surface area (Å²) in [4.78, 5) is 12.1. The molecule has 25 heavy (non-hydrogen) atoms. The number of carbonyl (C=O) groups is 1. The van der Waals surface area contributed by atoms with Gasteiger partial charge in [0.25, 0.3) is 0 Å². The number of aryl methyl sites for hydroxylation is 1. The zero-order valence-corrected chi connectivity index (χ0v) is 14.9. The fraction of sp³-hybridized carbons (Fsp3) is 0.211. The Morgan fingerprint density at radius 2 is 2.08 bits per heavy atom. The number of esters is 1. The van der Waals surface area contributed by atoms with Crippen LogP contribution < -0.4 is 10.1 Å². The summed E-state index contributed by atoms with van der Waals surface area (Å²) in [6.45, 7) is 3.82. The maximum Gasteiger partial charge on any atom is 0.374 e. The van der Waals surface area contributed by atoms with Gasteiger partial charge in [0.15, 0.2) is 5.58 Å². The van der Waals surface area contributed by atoms with Gasteiger partial charge in [0.1, 0.15) is 5.75 Å². The second-order valence-electron chi connectivity index (χ2n) is 5.43. The van der Waals surface area contributed by atoms with Crippen molar-refractivity contribution in [3.05, 3.63) is 52.7 Å². The van der Waals surface area contributed by atoms with Gasteiger partial charge in [-0.1, -0.05) is 17.7 Å². The minimum absolute atomic E-state index is 0.165. The minimum Gasteiger partial charge on any atom is -0.497 e. The second-order valence-corrected chi connectivity index (χ2v) is 5.84. The predicted molar refractivity (Wildman–Crippen MR) is 98.2 cm³/mol. The summed E-state index contributed by atoms with van der Waals surface area (Å²) in [7, 11) is 1.61. The molecule has 0 aliphatic rings. The summed E-state index contributed by atoms with van der Waals surface area (Å²) in [5.41, 5.74) is 2.70. The maximum atomic E-state index is 12.1. The average Bonchev–Trinajstić information content (AvgIpc) is 2.96. The number of benzene rings is 2. The molecule has 3 rings (SSSR count). The summed E-state index contributed by atoms with van der Waals surface area (Å²) in [6, 6.07) is 11.1. The van der Waals surface area contributed by atoms with Crippen LogP contribution in [0.4, 0.5) is 11.4 Å². The highest BCUT2D eigenvalue weighted by Gasteiger charge is 2.22. The van der Waals surface area contributed by atoms with Crippen LogP contribution in [0.3, 0.4) is 0 Å². The van der Waals surface area contributed by atoms with Crippen LogP contribution in [0.5, 0.6) is 5.75 Å². The molecule has 0 saturated carbocycles. The molecule has 0 fully saturated rings. The number of ether oxygens (including phenoxy) is 2. The quantitative estimate of drug-likeness (QED) is 0.624. The molecule has 0 saturated heterocycles. The Kier molecular flexibility index (Phi) is 4.86. The first-order chi connectivity index (χ1) is 12.0. The summed E-state index contributed by atoms with van der Waals surface area (Å²) < 4.78 is 16.1. The van der Waals surface area contributed by atoms with Gasteiger partial charge >= 0.3 is 5.97 Å². The van der Waals surface area contributed by atoms with Gasteiger partial charge in [-0.15, -0.1) is 0 Å². The van der Waals surface area contributed by atoms with E-state index in [1.165, 1.54) is 0 Å². The smallest absolute Gasteiger partial charge is 0.374 e. The molecule has 3 aromatic rings. The molecule has 0 amide bonds. The monoisotopic (exact) mass is 359 g/mol. The lowest BCUT2D eigenvalue weighted by Crippen LogP contribution is -2.04. The highest BCUT2D eigenvalue weighted by Crippen LogP contribution is 2.37. The third kappa shape index (κ3) is 3.28. The largest absolute Gasteiger partial charge is 0.497 e. The summed E-state index contributed by atoms with van der Waals surface area (Å²) >= 11 is 6.32. The van der Waals surface area contributed by atoms with Crippen molar-refractivity contribution in [3.8, 4) is 5.75 Å². The van der Waals surface area contributed by atoms with Crippen molar-refractivity contribution in [2.75, 3.05) is 19.0 Å². The normalized spacial score (nSPS) is 10.7. The van der Waals surface area contributed by atoms with E-state index in [9.17, 15) is 4.79 Å². The van der Waals surface area contributed by atoms with E-state index in [1.807, 2.05) is 30.3 Å². The molecule has 0 bridgehead atoms. The highest BCUT2D eigenvalue weighted by molar-refractivity contribution is 6.36. The maximum absolute atomic E-state index is 12.1. The topological polar surface area (TPSA) is 60.7 Å². The number of rotatable bonds is 5. The van der Waals surface area contributed by atoms with Crippen molar-refractivity contribution in [2.45, 2.75) is 13.8 Å². The first kappa shape index (κ1) is 17.2. The molecular formula is C19H18ClNO4. The first-order valence-corrected chi connectivity index (χ1v) is 8.22. The number of hydrogen-bond donors (Lipinski definition) is 1. The fourth-order valence-corrected chi connectivity index (χ4v) is 2.94. The molecule has 130 valence electrons. The predicted octanol–water partition coefficient (Wildman–Crippen LogP) is 5.32. The van der Waals surface area contributed by atoms with Crippen LogP contribution in [0.1, 0.15) is 23.0 Å². The van der Waals surface area contributed by atoms with E-state index in [0.29, 0.717) is 27.2 Å². The van der Waals surface area contributed by atoms with E-state index in [1.54, 1.807) is 27.0 Å². The van der Waals surface area contributed by atoms with Crippen LogP contribution in [0.25, 0.3) is 11.0 Å². The summed E-state index contributed by atoms with van der Waals surface area (Å²) in [6.07, 6.45) is 0. The molecule has 0 radical (unpaired) electrons. The highest BCUT2D eigenvalue weighted by atomic mass is 35.5. The summed E-state index contributed by atoms with van der Waals surface area (Å²) in [5.74, 6) is 0.399. The Morgan fingerprint density at radius 1 is 1.28 bits per heavy atom. The van der Waals surface area contributed by atoms with Gasteiger partial charge in [0.05, 0.1) is 24.4 Å². The van der Waals surface area contributed by atoms with E-state index in [4.69, 9.17) is 25.5 Å². The van der Waals surface area contributed by atoms with Gasteiger partial charge in [0.2, 0.25) is 5.76 Å². The number of anilines is 2. The molecule has 2 aromatic carbocycles. The lowest BCUT2D eigenvalue weighted by atomic mass is 10.1. The van der Waals surface area contributed by atoms with Crippen molar-refractivity contribution >= 4 is 39.9 Å². The Morgan fingerprint density at radius 3 is 2.80 bits per heavy atom. The van der Waals surface area contributed by atoms with Crippen LogP contribution in [-0.4, -0.2) is 19.7 Å². The molecule has 5 nitrogen and oxygen atoms in total. The zero-order valence-electron chi connectivity index (χ0n) is 14.2. The third-order valence-corrected chi connectivity index (χ3v) is 4.15. The van der Waals surface area contributed by atoms with Gasteiger partial charge in [-0.05, 0) is 38.1 Å². The van der Waals surface area contributed by atoms with Gasteiger partial charge in [0, 0.05) is 22.7 Å². The number of methoxy groups -OCH3 is 1. The van der Waals surface area contributed by atoms with E-state index in [2.05, 4.69) is 5.32 Å². The third-order valence-electron chi connectivity index (χ3n) is 3.84. The van der Waals surface area contributed by atoms with Gasteiger partial charge in [-0.3, -0.25) is 0 Å². The lowest BCUT2D eigenvalue weighted by molar-refractivity contribution is 0.0491. The van der Waals surface area contributed by atoms with E-state index in [0.717, 1.165) is 11.4 Å². The lowest BCUT2D eigenvalue weighted by Gasteiger charge is -2.09. The molecule has 6 heteroatoms. The van der Waals surface area contributed by atoms with Crippen molar-refractivity contribution < 1.29 is 18.7 Å². The van der Waals surface area contributed by atoms with E-state index < -0.39 is 5.97 Å². The number of halogens is 1. The van der Waals surface area contributed by atoms with E-state index in [-0.39, 0.29) is 12.4 Å². The van der Waals surface area contributed by atoms with Crippen molar-refractivity contribution in [1.29, 1.82) is 0 Å². The first-order valence-electron chi connectivity index (χ1n) is 7.85. The van der Waals surface area contributed by atoms with Gasteiger partial charge < -0.3 is 19.2 Å². The number of nitrogens with one attached hydrogen (secondary N) is 1. The van der Waals surface area contributed by atoms with Crippen LogP contribution in [0, 0.1) is 6.92 Å². The molecular weight excluding hydrogens is 342 g/mol. The van der Waals surface area contributed by atoms with E-state index >= 15 is 0 Å². The molecule has 0 aliphatic carbocycles. The molecule has 1 N–H and O–H groups in total. The number of hydrogen-bond acceptors (Lipinski definition) is 5. The Bertz CT molecular complexity index is 933. The zero-order chi connectivity index (χ0) is 18.0. The van der Waals surface area contributed by atoms with Crippen molar-refractivity contribution in [3.63, 3.8) is 0 Å². The van der Waals surface area contributed by atoms with Crippen molar-refractivity contribution in [1.82, 2.24) is 0 Å². The molecule has 1 aromatic heterocycles. The number of carbonyl (C=O) groups excluding carboxylic acids is 1. The van der Waals surface area contributed by atoms with Gasteiger partial charge in [-0.2, -0.15) is 0 Å². The van der Waals surface area contributed by atoms with Crippen LogP contribution in [-0.2, 0) is 4.74 Å². The fourth-order valence-electron chi connectivity index (χ4n) is 2.65. The Hall–Kier alpha value is -2.66. The Balaban J connectivity index is 2.08. The molecule has 0 unspecified atom stereocenters. The molecule has 0 aliphatic heterocycles. The number of fused-ring (bicyclic) bond motifs is 1. The van der Waals surface area contributed by atoms with Crippen LogP contribution >= 0.6 is 11.6 Å². The van der Waals surface area contributed by atoms with Crippen LogP contribution in [0.2, 0.25) is 5.02 Å². The second kappa shape index (κ2) is 7.07. The van der Waals surface area contributed by atoms with Crippen LogP contribution in [0.15, 0.2) is 40.8 Å². The SMILES string of the molecule is CCOC(=O)c1oc2c(Nc3cccc(OC)c3)ccc(Cl)c2c1C. The van der Waals surface area contributed by atoms with Crippen molar-refractivity contribution in [2.24, 2.45) is 0 Å². The molecule has 0 spiro atoms.